The van der Waals surface area contributed by atoms with Gasteiger partial charge in [0.25, 0.3) is 0 Å². The van der Waals surface area contributed by atoms with Crippen LogP contribution in [0.4, 0.5) is 0 Å². The third kappa shape index (κ3) is 4.21. The van der Waals surface area contributed by atoms with Crippen molar-refractivity contribution in [2.24, 2.45) is 0 Å². The lowest BCUT2D eigenvalue weighted by Gasteiger charge is -2.14. The molecule has 0 fully saturated rings. The van der Waals surface area contributed by atoms with Gasteiger partial charge in [0.15, 0.2) is 22.5 Å². The van der Waals surface area contributed by atoms with Gasteiger partial charge in [-0.25, -0.2) is 0 Å². The van der Waals surface area contributed by atoms with E-state index in [0.29, 0.717) is 17.5 Å². The van der Waals surface area contributed by atoms with Crippen molar-refractivity contribution >= 4 is 29.0 Å². The summed E-state index contributed by atoms with van der Waals surface area (Å²) in [5, 5.41) is 14.1. The van der Waals surface area contributed by atoms with Crippen LogP contribution in [0.2, 0.25) is 0 Å². The number of hydrogen-bond donors (Lipinski definition) is 1. The number of benzene rings is 2. The molecule has 0 saturated carbocycles. The summed E-state index contributed by atoms with van der Waals surface area (Å²) in [6.07, 6.45) is 0. The van der Waals surface area contributed by atoms with Crippen molar-refractivity contribution in [3.63, 3.8) is 0 Å². The normalized spacial score (nSPS) is 13.2. The summed E-state index contributed by atoms with van der Waals surface area (Å²) < 4.78 is 12.7. The van der Waals surface area contributed by atoms with Crippen LogP contribution >= 0.6 is 23.1 Å². The molecule has 0 saturated heterocycles. The van der Waals surface area contributed by atoms with Crippen LogP contribution in [0.1, 0.15) is 12.5 Å². The van der Waals surface area contributed by atoms with Crippen LogP contribution in [-0.2, 0) is 11.3 Å². The van der Waals surface area contributed by atoms with Crippen molar-refractivity contribution in [1.82, 2.24) is 20.1 Å². The van der Waals surface area contributed by atoms with Crippen molar-refractivity contribution in [2.75, 3.05) is 6.79 Å². The minimum atomic E-state index is -0.355. The lowest BCUT2D eigenvalue weighted by molar-refractivity contribution is -0.120. The van der Waals surface area contributed by atoms with Gasteiger partial charge in [0, 0.05) is 12.2 Å². The Bertz CT molecular complexity index is 1230. The van der Waals surface area contributed by atoms with Gasteiger partial charge in [-0.05, 0) is 48.2 Å². The molecule has 1 aliphatic heterocycles. The minimum absolute atomic E-state index is 0.0760. The number of hydrogen-bond acceptors (Lipinski definition) is 7. The van der Waals surface area contributed by atoms with Gasteiger partial charge < -0.3 is 14.8 Å². The number of nitrogens with one attached hydrogen (secondary N) is 1. The first-order valence-electron chi connectivity index (χ1n) is 10.1. The Morgan fingerprint density at radius 1 is 1.12 bits per heavy atom. The molecule has 9 heteroatoms. The molecule has 1 amide bonds. The Balaban J connectivity index is 1.31. The number of thioether (sulfide) groups is 1. The number of nitrogens with zero attached hydrogens (tertiary/aromatic N) is 3. The summed E-state index contributed by atoms with van der Waals surface area (Å²) in [4.78, 5) is 13.8. The third-order valence-electron chi connectivity index (χ3n) is 4.94. The maximum Gasteiger partial charge on any atom is 0.233 e. The first-order chi connectivity index (χ1) is 15.7. The molecular formula is C23H20N4O3S2. The Kier molecular flexibility index (Phi) is 5.83. The molecule has 0 unspecified atom stereocenters. The molecule has 1 N–H and O–H groups in total. The molecule has 4 aromatic rings. The van der Waals surface area contributed by atoms with E-state index in [1.807, 2.05) is 77.5 Å². The first kappa shape index (κ1) is 20.6. The monoisotopic (exact) mass is 464 g/mol. The number of ether oxygens (including phenoxy) is 2. The second kappa shape index (κ2) is 9.05. The highest BCUT2D eigenvalue weighted by molar-refractivity contribution is 8.00. The van der Waals surface area contributed by atoms with E-state index in [-0.39, 0.29) is 18.0 Å². The molecule has 162 valence electrons. The molecule has 0 bridgehead atoms. The van der Waals surface area contributed by atoms with E-state index >= 15 is 0 Å². The summed E-state index contributed by atoms with van der Waals surface area (Å²) >= 11 is 2.99. The molecule has 1 aliphatic rings. The number of fused-ring (bicyclic) bond motifs is 1. The highest BCUT2D eigenvalue weighted by atomic mass is 32.2. The standard InChI is InChI=1S/C23H20N4O3S2/c1-15(22(28)24-13-16-9-10-18-19(12-16)30-14-29-18)32-23-26-25-21(20-8-5-11-31-20)27(23)17-6-3-2-4-7-17/h2-12,15H,13-14H2,1H3,(H,24,28)/t15-/m1/s1. The number of rotatable bonds is 7. The van der Waals surface area contributed by atoms with Gasteiger partial charge in [0.1, 0.15) is 0 Å². The fraction of sp³-hybridized carbons (Fsp3) is 0.174. The van der Waals surface area contributed by atoms with Crippen molar-refractivity contribution < 1.29 is 14.3 Å². The lowest BCUT2D eigenvalue weighted by Crippen LogP contribution is -2.30. The molecule has 0 radical (unpaired) electrons. The Hall–Kier alpha value is -3.30. The number of thiophene rings is 1. The van der Waals surface area contributed by atoms with Crippen LogP contribution in [0.25, 0.3) is 16.4 Å². The summed E-state index contributed by atoms with van der Waals surface area (Å²) in [6, 6.07) is 19.6. The Morgan fingerprint density at radius 2 is 1.97 bits per heavy atom. The predicted octanol–water partition coefficient (Wildman–Crippen LogP) is 4.52. The van der Waals surface area contributed by atoms with Crippen molar-refractivity contribution in [3.05, 3.63) is 71.6 Å². The topological polar surface area (TPSA) is 78.3 Å². The average molecular weight is 465 g/mol. The smallest absolute Gasteiger partial charge is 0.233 e. The predicted molar refractivity (Wildman–Crippen MR) is 124 cm³/mol. The maximum absolute atomic E-state index is 12.8. The van der Waals surface area contributed by atoms with Gasteiger partial charge in [-0.1, -0.05) is 42.1 Å². The second-order valence-corrected chi connectivity index (χ2v) is 9.38. The summed E-state index contributed by atoms with van der Waals surface area (Å²) in [5.74, 6) is 2.12. The number of aromatic nitrogens is 3. The molecule has 1 atom stereocenters. The molecule has 7 nitrogen and oxygen atoms in total. The van der Waals surface area contributed by atoms with Crippen LogP contribution in [-0.4, -0.2) is 32.7 Å². The zero-order valence-corrected chi connectivity index (χ0v) is 18.9. The zero-order valence-electron chi connectivity index (χ0n) is 17.2. The fourth-order valence-electron chi connectivity index (χ4n) is 3.32. The van der Waals surface area contributed by atoms with Crippen molar-refractivity contribution in [2.45, 2.75) is 23.9 Å². The first-order valence-corrected chi connectivity index (χ1v) is 11.8. The van der Waals surface area contributed by atoms with Gasteiger partial charge in [-0.15, -0.1) is 21.5 Å². The SMILES string of the molecule is C[C@@H](Sc1nnc(-c2cccs2)n1-c1ccccc1)C(=O)NCc1ccc2c(c1)OCO2. The third-order valence-corrected chi connectivity index (χ3v) is 6.85. The highest BCUT2D eigenvalue weighted by Gasteiger charge is 2.22. The highest BCUT2D eigenvalue weighted by Crippen LogP contribution is 2.33. The second-order valence-electron chi connectivity index (χ2n) is 7.12. The molecule has 5 rings (SSSR count). The zero-order chi connectivity index (χ0) is 21.9. The summed E-state index contributed by atoms with van der Waals surface area (Å²) in [5.41, 5.74) is 1.91. The Labute approximate surface area is 193 Å². The largest absolute Gasteiger partial charge is 0.454 e. The molecule has 3 heterocycles. The summed E-state index contributed by atoms with van der Waals surface area (Å²) in [6.45, 7) is 2.51. The Morgan fingerprint density at radius 3 is 2.78 bits per heavy atom. The van der Waals surface area contributed by atoms with Crippen LogP contribution in [0, 0.1) is 0 Å². The van der Waals surface area contributed by atoms with Crippen LogP contribution < -0.4 is 14.8 Å². The van der Waals surface area contributed by atoms with E-state index in [9.17, 15) is 4.79 Å². The quantitative estimate of drug-likeness (QED) is 0.405. The van der Waals surface area contributed by atoms with Gasteiger partial charge in [0.05, 0.1) is 10.1 Å². The number of carbonyl (C=O) groups is 1. The molecule has 2 aromatic carbocycles. The van der Waals surface area contributed by atoms with E-state index in [1.54, 1.807) is 11.3 Å². The van der Waals surface area contributed by atoms with Gasteiger partial charge in [-0.2, -0.15) is 0 Å². The van der Waals surface area contributed by atoms with E-state index in [1.165, 1.54) is 11.8 Å². The molecule has 2 aromatic heterocycles. The minimum Gasteiger partial charge on any atom is -0.454 e. The van der Waals surface area contributed by atoms with Crippen LogP contribution in [0.15, 0.2) is 71.2 Å². The summed E-state index contributed by atoms with van der Waals surface area (Å²) in [7, 11) is 0. The lowest BCUT2D eigenvalue weighted by atomic mass is 10.2. The molecule has 32 heavy (non-hydrogen) atoms. The van der Waals surface area contributed by atoms with Gasteiger partial charge in [-0.3, -0.25) is 9.36 Å². The average Bonchev–Trinajstić information content (AvgIpc) is 3.58. The van der Waals surface area contributed by atoms with Gasteiger partial charge >= 0.3 is 0 Å². The van der Waals surface area contributed by atoms with Crippen molar-refractivity contribution in [3.8, 4) is 27.9 Å². The fourth-order valence-corrected chi connectivity index (χ4v) is 4.91. The van der Waals surface area contributed by atoms with Crippen LogP contribution in [0.5, 0.6) is 11.5 Å². The number of para-hydroxylation sites is 1. The molecule has 0 spiro atoms. The molecule has 0 aliphatic carbocycles. The van der Waals surface area contributed by atoms with Crippen LogP contribution in [0.3, 0.4) is 0 Å². The molecular weight excluding hydrogens is 444 g/mol. The number of amides is 1. The maximum atomic E-state index is 12.8. The van der Waals surface area contributed by atoms with E-state index in [0.717, 1.165) is 27.7 Å². The number of carbonyl (C=O) groups excluding carboxylic acids is 1. The van der Waals surface area contributed by atoms with E-state index in [4.69, 9.17) is 9.47 Å². The van der Waals surface area contributed by atoms with Crippen molar-refractivity contribution in [1.29, 1.82) is 0 Å². The van der Waals surface area contributed by atoms with E-state index in [2.05, 4.69) is 15.5 Å². The van der Waals surface area contributed by atoms with E-state index < -0.39 is 0 Å². The van der Waals surface area contributed by atoms with Gasteiger partial charge in [0.2, 0.25) is 12.7 Å².